The third kappa shape index (κ3) is 4.47. The molecule has 1 saturated heterocycles. The molecule has 3 aliphatic rings. The molecule has 1 heterocycles. The van der Waals surface area contributed by atoms with Crippen molar-refractivity contribution in [3.63, 3.8) is 0 Å². The largest absolute Gasteiger partial charge is 0.493 e. The zero-order valence-electron chi connectivity index (χ0n) is 19.3. The predicted octanol–water partition coefficient (Wildman–Crippen LogP) is 4.87. The molecule has 0 unspecified atom stereocenters. The standard InChI is InChI=1S/C26H22Cl2N2O6/c1-35-22-11-14(3-7-21(22)36-25(33)17-6-5-16(27)12-19(17)28)9-18-23(31)29-26(34)30(24(18)32)20-10-13-2-4-15(20)8-13/h3,5-7,9,11-13,15,20H,2,4,8,10H2,1H3,(H,29,31,34)/b18-9+/t13-,15-,20-/m0/s1. The SMILES string of the molecule is COc1cc(/C=C2\C(=O)NC(=O)N([C@H]3C[C@H]4CC[C@H]3C4)C2=O)ccc1OC(=O)c1ccc(Cl)cc1Cl. The van der Waals surface area contributed by atoms with Gasteiger partial charge in [-0.1, -0.05) is 35.7 Å². The molecule has 2 aliphatic carbocycles. The first-order valence-corrected chi connectivity index (χ1v) is 12.3. The Hall–Kier alpha value is -3.36. The molecule has 2 aromatic rings. The van der Waals surface area contributed by atoms with E-state index in [1.807, 2.05) is 0 Å². The number of esters is 1. The molecule has 0 spiro atoms. The molecular weight excluding hydrogens is 507 g/mol. The molecule has 3 atom stereocenters. The minimum atomic E-state index is -0.753. The van der Waals surface area contributed by atoms with Gasteiger partial charge in [0.1, 0.15) is 5.57 Å². The second kappa shape index (κ2) is 9.59. The molecule has 0 aromatic heterocycles. The summed E-state index contributed by atoms with van der Waals surface area (Å²) in [5.74, 6) is -0.941. The number of methoxy groups -OCH3 is 1. The van der Waals surface area contributed by atoms with Gasteiger partial charge in [-0.05, 0) is 73.1 Å². The molecule has 2 aromatic carbocycles. The zero-order chi connectivity index (χ0) is 25.6. The second-order valence-electron chi connectivity index (χ2n) is 9.16. The maximum Gasteiger partial charge on any atom is 0.345 e. The molecule has 36 heavy (non-hydrogen) atoms. The lowest BCUT2D eigenvalue weighted by molar-refractivity contribution is -0.132. The van der Waals surface area contributed by atoms with Crippen molar-refractivity contribution in [3.8, 4) is 11.5 Å². The van der Waals surface area contributed by atoms with E-state index in [1.54, 1.807) is 6.07 Å². The number of hydrogen-bond donors (Lipinski definition) is 1. The molecule has 10 heteroatoms. The van der Waals surface area contributed by atoms with Gasteiger partial charge in [0.05, 0.1) is 17.7 Å². The van der Waals surface area contributed by atoms with Gasteiger partial charge in [-0.25, -0.2) is 9.59 Å². The topological polar surface area (TPSA) is 102 Å². The number of nitrogens with zero attached hydrogens (tertiary/aromatic N) is 1. The highest BCUT2D eigenvalue weighted by Gasteiger charge is 2.49. The number of imide groups is 2. The first kappa shape index (κ1) is 24.3. The molecule has 1 N–H and O–H groups in total. The molecule has 186 valence electrons. The second-order valence-corrected chi connectivity index (χ2v) is 10.0. The molecule has 2 bridgehead atoms. The number of halogens is 2. The van der Waals surface area contributed by atoms with Gasteiger partial charge in [-0.3, -0.25) is 19.8 Å². The summed E-state index contributed by atoms with van der Waals surface area (Å²) < 4.78 is 10.8. The van der Waals surface area contributed by atoms with Crippen molar-refractivity contribution in [2.45, 2.75) is 31.7 Å². The average molecular weight is 529 g/mol. The predicted molar refractivity (Wildman–Crippen MR) is 132 cm³/mol. The molecule has 2 saturated carbocycles. The minimum absolute atomic E-state index is 0.119. The van der Waals surface area contributed by atoms with Crippen LogP contribution in [0.25, 0.3) is 6.08 Å². The number of barbiturate groups is 1. The number of urea groups is 1. The Bertz CT molecular complexity index is 1320. The van der Waals surface area contributed by atoms with Crippen molar-refractivity contribution in [2.24, 2.45) is 11.8 Å². The van der Waals surface area contributed by atoms with Crippen molar-refractivity contribution in [2.75, 3.05) is 7.11 Å². The lowest BCUT2D eigenvalue weighted by Crippen LogP contribution is -2.58. The lowest BCUT2D eigenvalue weighted by Gasteiger charge is -2.35. The minimum Gasteiger partial charge on any atom is -0.493 e. The monoisotopic (exact) mass is 528 g/mol. The number of fused-ring (bicyclic) bond motifs is 2. The van der Waals surface area contributed by atoms with Crippen LogP contribution in [0.5, 0.6) is 11.5 Å². The molecule has 5 rings (SSSR count). The van der Waals surface area contributed by atoms with Crippen molar-refractivity contribution in [1.29, 1.82) is 0 Å². The van der Waals surface area contributed by atoms with Crippen molar-refractivity contribution < 1.29 is 28.7 Å². The first-order valence-electron chi connectivity index (χ1n) is 11.5. The van der Waals surface area contributed by atoms with Gasteiger partial charge in [0.15, 0.2) is 11.5 Å². The van der Waals surface area contributed by atoms with Crippen LogP contribution in [-0.2, 0) is 9.59 Å². The fraction of sp³-hybridized carbons (Fsp3) is 0.308. The number of benzene rings is 2. The molecule has 8 nitrogen and oxygen atoms in total. The number of rotatable bonds is 5. The number of hydrogen-bond acceptors (Lipinski definition) is 6. The van der Waals surface area contributed by atoms with Crippen molar-refractivity contribution >= 4 is 53.1 Å². The van der Waals surface area contributed by atoms with Crippen LogP contribution in [0, 0.1) is 11.8 Å². The Kier molecular flexibility index (Phi) is 6.49. The van der Waals surface area contributed by atoms with Gasteiger partial charge in [0.2, 0.25) is 0 Å². The number of carbonyl (C=O) groups is 4. The highest BCUT2D eigenvalue weighted by Crippen LogP contribution is 2.47. The summed E-state index contributed by atoms with van der Waals surface area (Å²) in [5.41, 5.74) is 0.443. The quantitative estimate of drug-likeness (QED) is 0.257. The highest BCUT2D eigenvalue weighted by molar-refractivity contribution is 6.36. The van der Waals surface area contributed by atoms with Crippen LogP contribution in [0.1, 0.15) is 41.6 Å². The maximum absolute atomic E-state index is 13.2. The summed E-state index contributed by atoms with van der Waals surface area (Å²) in [4.78, 5) is 52.1. The Morgan fingerprint density at radius 1 is 1.06 bits per heavy atom. The number of ether oxygens (including phenoxy) is 2. The van der Waals surface area contributed by atoms with Crippen LogP contribution in [0.2, 0.25) is 10.0 Å². The fourth-order valence-corrected chi connectivity index (χ4v) is 5.82. The maximum atomic E-state index is 13.2. The number of carbonyl (C=O) groups excluding carboxylic acids is 4. The summed E-state index contributed by atoms with van der Waals surface area (Å²) in [5, 5.41) is 2.82. The van der Waals surface area contributed by atoms with E-state index in [4.69, 9.17) is 32.7 Å². The molecular formula is C26H22Cl2N2O6. The molecule has 0 radical (unpaired) electrons. The normalized spacial score (nSPS) is 24.3. The summed E-state index contributed by atoms with van der Waals surface area (Å²) >= 11 is 12.0. The Morgan fingerprint density at radius 3 is 2.53 bits per heavy atom. The molecule has 4 amide bonds. The van der Waals surface area contributed by atoms with Gasteiger partial charge in [-0.2, -0.15) is 0 Å². The van der Waals surface area contributed by atoms with Crippen LogP contribution in [-0.4, -0.2) is 41.9 Å². The summed E-state index contributed by atoms with van der Waals surface area (Å²) in [6.45, 7) is 0. The first-order chi connectivity index (χ1) is 17.2. The van der Waals surface area contributed by atoms with Gasteiger partial charge in [0.25, 0.3) is 11.8 Å². The summed E-state index contributed by atoms with van der Waals surface area (Å²) in [6, 6.07) is 8.13. The Morgan fingerprint density at radius 2 is 1.86 bits per heavy atom. The summed E-state index contributed by atoms with van der Waals surface area (Å²) in [6.07, 6.45) is 5.28. The van der Waals surface area contributed by atoms with Gasteiger partial charge >= 0.3 is 12.0 Å². The van der Waals surface area contributed by atoms with Gasteiger partial charge in [-0.15, -0.1) is 0 Å². The van der Waals surface area contributed by atoms with Crippen LogP contribution in [0.3, 0.4) is 0 Å². The third-order valence-electron chi connectivity index (χ3n) is 7.02. The summed E-state index contributed by atoms with van der Waals surface area (Å²) in [7, 11) is 1.40. The molecule has 3 fully saturated rings. The van der Waals surface area contributed by atoms with E-state index in [0.717, 1.165) is 25.7 Å². The smallest absolute Gasteiger partial charge is 0.345 e. The Balaban J connectivity index is 1.39. The Labute approximate surface area is 217 Å². The van der Waals surface area contributed by atoms with Gasteiger partial charge in [0, 0.05) is 11.1 Å². The van der Waals surface area contributed by atoms with Crippen molar-refractivity contribution in [1.82, 2.24) is 10.2 Å². The van der Waals surface area contributed by atoms with E-state index in [1.165, 1.54) is 48.4 Å². The van der Waals surface area contributed by atoms with Crippen LogP contribution < -0.4 is 14.8 Å². The highest BCUT2D eigenvalue weighted by atomic mass is 35.5. The van der Waals surface area contributed by atoms with E-state index in [2.05, 4.69) is 5.32 Å². The van der Waals surface area contributed by atoms with Gasteiger partial charge < -0.3 is 9.47 Å². The number of amides is 4. The van der Waals surface area contributed by atoms with Crippen LogP contribution >= 0.6 is 23.2 Å². The van der Waals surface area contributed by atoms with Crippen LogP contribution in [0.15, 0.2) is 42.0 Å². The van der Waals surface area contributed by atoms with E-state index >= 15 is 0 Å². The average Bonchev–Trinajstić information content (AvgIpc) is 3.46. The fourth-order valence-electron chi connectivity index (χ4n) is 5.33. The lowest BCUT2D eigenvalue weighted by atomic mass is 9.93. The van der Waals surface area contributed by atoms with Crippen LogP contribution in [0.4, 0.5) is 4.79 Å². The molecule has 1 aliphatic heterocycles. The van der Waals surface area contributed by atoms with E-state index in [-0.39, 0.29) is 39.6 Å². The van der Waals surface area contributed by atoms with Crippen molar-refractivity contribution in [3.05, 3.63) is 63.1 Å². The van der Waals surface area contributed by atoms with E-state index < -0.39 is 23.8 Å². The van der Waals surface area contributed by atoms with E-state index in [0.29, 0.717) is 16.5 Å². The number of nitrogens with one attached hydrogen (secondary N) is 1. The van der Waals surface area contributed by atoms with E-state index in [9.17, 15) is 19.2 Å². The zero-order valence-corrected chi connectivity index (χ0v) is 20.8. The third-order valence-corrected chi connectivity index (χ3v) is 7.57.